The summed E-state index contributed by atoms with van der Waals surface area (Å²) in [4.78, 5) is 10.1. The first-order valence-corrected chi connectivity index (χ1v) is 8.61. The third-order valence-corrected chi connectivity index (χ3v) is 4.66. The molecule has 1 aromatic heterocycles. The number of H-pyrrole nitrogens is 1. The summed E-state index contributed by atoms with van der Waals surface area (Å²) in [7, 11) is 0. The number of aromatic nitrogens is 2. The molecule has 1 saturated heterocycles. The predicted octanol–water partition coefficient (Wildman–Crippen LogP) is 3.24. The topological polar surface area (TPSA) is 44.0 Å². The predicted molar refractivity (Wildman–Crippen MR) is 98.1 cm³/mol. The second-order valence-electron chi connectivity index (χ2n) is 6.37. The summed E-state index contributed by atoms with van der Waals surface area (Å²) in [5.41, 5.74) is 4.36. The van der Waals surface area contributed by atoms with Gasteiger partial charge in [0, 0.05) is 49.0 Å². The molecule has 0 bridgehead atoms. The third kappa shape index (κ3) is 3.56. The molecule has 4 nitrogen and oxygen atoms in total. The van der Waals surface area contributed by atoms with Crippen LogP contribution in [0, 0.1) is 5.82 Å². The molecule has 0 spiro atoms. The van der Waals surface area contributed by atoms with E-state index in [1.807, 2.05) is 30.3 Å². The van der Waals surface area contributed by atoms with Gasteiger partial charge in [-0.2, -0.15) is 0 Å². The Labute approximate surface area is 146 Å². The van der Waals surface area contributed by atoms with Crippen LogP contribution in [0.2, 0.25) is 0 Å². The van der Waals surface area contributed by atoms with Crippen LogP contribution in [0.1, 0.15) is 5.69 Å². The Kier molecular flexibility index (Phi) is 4.48. The fourth-order valence-electron chi connectivity index (χ4n) is 3.42. The van der Waals surface area contributed by atoms with Gasteiger partial charge < -0.3 is 15.2 Å². The second kappa shape index (κ2) is 7.07. The van der Waals surface area contributed by atoms with Crippen LogP contribution in [0.4, 0.5) is 10.1 Å². The number of nitrogens with one attached hydrogen (secondary N) is 2. The Morgan fingerprint density at radius 2 is 1.88 bits per heavy atom. The third-order valence-electron chi connectivity index (χ3n) is 4.66. The Morgan fingerprint density at radius 1 is 1.08 bits per heavy atom. The van der Waals surface area contributed by atoms with Crippen LogP contribution in [0.25, 0.3) is 11.3 Å². The maximum atomic E-state index is 13.1. The van der Waals surface area contributed by atoms with Gasteiger partial charge in [-0.3, -0.25) is 0 Å². The maximum Gasteiger partial charge on any atom is 0.123 e. The largest absolute Gasteiger partial charge is 0.369 e. The number of hydrogen-bond donors (Lipinski definition) is 2. The highest BCUT2D eigenvalue weighted by Gasteiger charge is 2.22. The van der Waals surface area contributed by atoms with Gasteiger partial charge in [-0.15, -0.1) is 0 Å². The molecule has 0 amide bonds. The Morgan fingerprint density at radius 3 is 2.68 bits per heavy atom. The van der Waals surface area contributed by atoms with Gasteiger partial charge in [0.25, 0.3) is 0 Å². The van der Waals surface area contributed by atoms with E-state index in [-0.39, 0.29) is 5.82 Å². The van der Waals surface area contributed by atoms with Gasteiger partial charge in [0.1, 0.15) is 5.82 Å². The Balaban J connectivity index is 1.48. The zero-order valence-electron chi connectivity index (χ0n) is 14.0. The molecule has 1 atom stereocenters. The lowest BCUT2D eigenvalue weighted by Gasteiger charge is -2.35. The van der Waals surface area contributed by atoms with E-state index >= 15 is 0 Å². The molecule has 0 aliphatic carbocycles. The highest BCUT2D eigenvalue weighted by Crippen LogP contribution is 2.22. The first-order chi connectivity index (χ1) is 12.3. The molecule has 1 unspecified atom stereocenters. The average Bonchev–Trinajstić information content (AvgIpc) is 3.11. The van der Waals surface area contributed by atoms with Crippen LogP contribution < -0.4 is 10.2 Å². The standard InChI is InChI=1S/C20H21FN4/c21-16-6-8-18(9-7-16)25-11-10-22-17(13-25)12-19-20(24-14-23-19)15-4-2-1-3-5-15/h1-9,14,17,22H,10-13H2,(H,23,24). The summed E-state index contributed by atoms with van der Waals surface area (Å²) in [6.45, 7) is 2.73. The molecule has 1 aliphatic rings. The normalized spacial score (nSPS) is 17.6. The van der Waals surface area contributed by atoms with Crippen molar-refractivity contribution < 1.29 is 4.39 Å². The molecule has 0 saturated carbocycles. The van der Waals surface area contributed by atoms with Crippen LogP contribution in [-0.2, 0) is 6.42 Å². The first-order valence-electron chi connectivity index (χ1n) is 8.61. The van der Waals surface area contributed by atoms with Gasteiger partial charge in [0.15, 0.2) is 0 Å². The van der Waals surface area contributed by atoms with Crippen LogP contribution in [0.15, 0.2) is 60.9 Å². The Bertz CT molecular complexity index is 813. The SMILES string of the molecule is Fc1ccc(N2CCNC(Cc3[nH]cnc3-c3ccccc3)C2)cc1. The quantitative estimate of drug-likeness (QED) is 0.769. The van der Waals surface area contributed by atoms with E-state index in [0.717, 1.165) is 48.7 Å². The van der Waals surface area contributed by atoms with Crippen molar-refractivity contribution in [3.05, 3.63) is 72.4 Å². The van der Waals surface area contributed by atoms with E-state index in [9.17, 15) is 4.39 Å². The fourth-order valence-corrected chi connectivity index (χ4v) is 3.42. The van der Waals surface area contributed by atoms with E-state index in [1.165, 1.54) is 12.1 Å². The first kappa shape index (κ1) is 15.8. The van der Waals surface area contributed by atoms with Gasteiger partial charge in [0.2, 0.25) is 0 Å². The molecule has 2 aromatic carbocycles. The summed E-state index contributed by atoms with van der Waals surface area (Å²) in [5.74, 6) is -0.194. The van der Waals surface area contributed by atoms with Crippen molar-refractivity contribution >= 4 is 5.69 Å². The summed E-state index contributed by atoms with van der Waals surface area (Å²) in [6, 6.07) is 17.3. The van der Waals surface area contributed by atoms with Crippen molar-refractivity contribution in [1.82, 2.24) is 15.3 Å². The van der Waals surface area contributed by atoms with E-state index in [0.29, 0.717) is 6.04 Å². The smallest absolute Gasteiger partial charge is 0.123 e. The minimum absolute atomic E-state index is 0.194. The average molecular weight is 336 g/mol. The van der Waals surface area contributed by atoms with E-state index in [2.05, 4.69) is 32.3 Å². The fraction of sp³-hybridized carbons (Fsp3) is 0.250. The molecule has 1 fully saturated rings. The number of hydrogen-bond acceptors (Lipinski definition) is 3. The summed E-state index contributed by atoms with van der Waals surface area (Å²) < 4.78 is 13.1. The number of imidazole rings is 1. The van der Waals surface area contributed by atoms with Gasteiger partial charge in [0.05, 0.1) is 12.0 Å². The highest BCUT2D eigenvalue weighted by molar-refractivity contribution is 5.61. The molecule has 1 aliphatic heterocycles. The minimum atomic E-state index is -0.194. The number of halogens is 1. The van der Waals surface area contributed by atoms with Crippen molar-refractivity contribution in [3.8, 4) is 11.3 Å². The van der Waals surface area contributed by atoms with Gasteiger partial charge >= 0.3 is 0 Å². The van der Waals surface area contributed by atoms with Gasteiger partial charge in [-0.05, 0) is 24.3 Å². The lowest BCUT2D eigenvalue weighted by atomic mass is 10.0. The molecule has 2 N–H and O–H groups in total. The Hall–Kier alpha value is -2.66. The molecule has 128 valence electrons. The molecule has 0 radical (unpaired) electrons. The lowest BCUT2D eigenvalue weighted by Crippen LogP contribution is -2.51. The van der Waals surface area contributed by atoms with Crippen molar-refractivity contribution in [2.75, 3.05) is 24.5 Å². The lowest BCUT2D eigenvalue weighted by molar-refractivity contribution is 0.452. The van der Waals surface area contributed by atoms with E-state index in [4.69, 9.17) is 0 Å². The second-order valence-corrected chi connectivity index (χ2v) is 6.37. The molecule has 25 heavy (non-hydrogen) atoms. The minimum Gasteiger partial charge on any atom is -0.369 e. The van der Waals surface area contributed by atoms with Crippen molar-refractivity contribution in [3.63, 3.8) is 0 Å². The monoisotopic (exact) mass is 336 g/mol. The number of rotatable bonds is 4. The van der Waals surface area contributed by atoms with Crippen LogP contribution in [-0.4, -0.2) is 35.6 Å². The molecule has 2 heterocycles. The zero-order valence-corrected chi connectivity index (χ0v) is 14.0. The molecule has 3 aromatic rings. The maximum absolute atomic E-state index is 13.1. The summed E-state index contributed by atoms with van der Waals surface area (Å²) in [5, 5.41) is 3.58. The van der Waals surface area contributed by atoms with E-state index < -0.39 is 0 Å². The number of benzene rings is 2. The van der Waals surface area contributed by atoms with Crippen LogP contribution in [0.5, 0.6) is 0 Å². The van der Waals surface area contributed by atoms with Crippen LogP contribution >= 0.6 is 0 Å². The number of nitrogens with zero attached hydrogens (tertiary/aromatic N) is 2. The molecule has 4 rings (SSSR count). The molecular weight excluding hydrogens is 315 g/mol. The number of aromatic amines is 1. The van der Waals surface area contributed by atoms with Crippen molar-refractivity contribution in [2.24, 2.45) is 0 Å². The molecular formula is C20H21FN4. The number of anilines is 1. The summed E-state index contributed by atoms with van der Waals surface area (Å²) in [6.07, 6.45) is 2.64. The highest BCUT2D eigenvalue weighted by atomic mass is 19.1. The van der Waals surface area contributed by atoms with Crippen molar-refractivity contribution in [1.29, 1.82) is 0 Å². The van der Waals surface area contributed by atoms with Crippen LogP contribution in [0.3, 0.4) is 0 Å². The van der Waals surface area contributed by atoms with Gasteiger partial charge in [-0.1, -0.05) is 30.3 Å². The molecule has 5 heteroatoms. The zero-order chi connectivity index (χ0) is 17.1. The van der Waals surface area contributed by atoms with Gasteiger partial charge in [-0.25, -0.2) is 9.37 Å². The van der Waals surface area contributed by atoms with E-state index in [1.54, 1.807) is 6.33 Å². The van der Waals surface area contributed by atoms with Crippen molar-refractivity contribution in [2.45, 2.75) is 12.5 Å². The summed E-state index contributed by atoms with van der Waals surface area (Å²) >= 11 is 0. The number of piperazine rings is 1.